The fourth-order valence-electron chi connectivity index (χ4n) is 2.38. The Hall–Kier alpha value is -1.06. The van der Waals surface area contributed by atoms with Gasteiger partial charge in [-0.05, 0) is 18.4 Å². The van der Waals surface area contributed by atoms with Gasteiger partial charge >= 0.3 is 0 Å². The van der Waals surface area contributed by atoms with Crippen LogP contribution in [0.15, 0.2) is 24.3 Å². The molecule has 1 aromatic rings. The van der Waals surface area contributed by atoms with Crippen molar-refractivity contribution in [3.05, 3.63) is 29.8 Å². The molecule has 1 fully saturated rings. The van der Waals surface area contributed by atoms with E-state index >= 15 is 0 Å². The maximum Gasteiger partial charge on any atom is 0.124 e. The van der Waals surface area contributed by atoms with Gasteiger partial charge in [0.05, 0.1) is 13.2 Å². The van der Waals surface area contributed by atoms with E-state index in [0.717, 1.165) is 30.3 Å². The van der Waals surface area contributed by atoms with Gasteiger partial charge in [-0.15, -0.1) is 0 Å². The second kappa shape index (κ2) is 6.76. The third kappa shape index (κ3) is 3.24. The van der Waals surface area contributed by atoms with E-state index in [-0.39, 0.29) is 6.10 Å². The molecule has 2 rings (SSSR count). The number of methoxy groups -OCH3 is 1. The predicted molar refractivity (Wildman–Crippen MR) is 72.7 cm³/mol. The van der Waals surface area contributed by atoms with Crippen molar-refractivity contribution in [2.24, 2.45) is 11.7 Å². The lowest BCUT2D eigenvalue weighted by atomic mass is 9.83. The van der Waals surface area contributed by atoms with Crippen molar-refractivity contribution in [2.75, 3.05) is 20.3 Å². The maximum atomic E-state index is 5.92. The molecule has 3 heteroatoms. The van der Waals surface area contributed by atoms with Crippen molar-refractivity contribution < 1.29 is 9.47 Å². The summed E-state index contributed by atoms with van der Waals surface area (Å²) in [7, 11) is 1.68. The number of rotatable bonds is 7. The van der Waals surface area contributed by atoms with E-state index < -0.39 is 0 Å². The van der Waals surface area contributed by atoms with Gasteiger partial charge in [0, 0.05) is 18.7 Å². The SMILES string of the molecule is COc1ccccc1C(CN)OCCC1CCC1. The van der Waals surface area contributed by atoms with E-state index in [1.165, 1.54) is 19.3 Å². The van der Waals surface area contributed by atoms with E-state index in [1.807, 2.05) is 24.3 Å². The quantitative estimate of drug-likeness (QED) is 0.808. The number of ether oxygens (including phenoxy) is 2. The Morgan fingerprint density at radius 3 is 2.72 bits per heavy atom. The molecule has 0 bridgehead atoms. The summed E-state index contributed by atoms with van der Waals surface area (Å²) >= 11 is 0. The van der Waals surface area contributed by atoms with Crippen LogP contribution in [0.1, 0.15) is 37.4 Å². The molecule has 0 amide bonds. The summed E-state index contributed by atoms with van der Waals surface area (Å²) in [5, 5.41) is 0. The number of benzene rings is 1. The third-order valence-corrected chi connectivity index (χ3v) is 3.77. The van der Waals surface area contributed by atoms with E-state index in [2.05, 4.69) is 0 Å². The van der Waals surface area contributed by atoms with Crippen LogP contribution in [0.4, 0.5) is 0 Å². The minimum atomic E-state index is -0.0544. The van der Waals surface area contributed by atoms with Crippen LogP contribution in [0.25, 0.3) is 0 Å². The molecule has 18 heavy (non-hydrogen) atoms. The summed E-state index contributed by atoms with van der Waals surface area (Å²) in [5.74, 6) is 1.73. The van der Waals surface area contributed by atoms with Gasteiger partial charge in [0.2, 0.25) is 0 Å². The van der Waals surface area contributed by atoms with Crippen molar-refractivity contribution >= 4 is 0 Å². The van der Waals surface area contributed by atoms with Crippen LogP contribution in [-0.2, 0) is 4.74 Å². The van der Waals surface area contributed by atoms with Crippen molar-refractivity contribution in [1.29, 1.82) is 0 Å². The van der Waals surface area contributed by atoms with Gasteiger partial charge in [0.1, 0.15) is 5.75 Å². The summed E-state index contributed by atoms with van der Waals surface area (Å²) in [6.07, 6.45) is 5.22. The van der Waals surface area contributed by atoms with Crippen LogP contribution in [-0.4, -0.2) is 20.3 Å². The average molecular weight is 249 g/mol. The van der Waals surface area contributed by atoms with Crippen LogP contribution in [0, 0.1) is 5.92 Å². The molecule has 0 spiro atoms. The third-order valence-electron chi connectivity index (χ3n) is 3.77. The first-order valence-corrected chi connectivity index (χ1v) is 6.79. The molecule has 100 valence electrons. The Labute approximate surface area is 109 Å². The Bertz CT molecular complexity index is 363. The van der Waals surface area contributed by atoms with Crippen molar-refractivity contribution in [3.8, 4) is 5.75 Å². The van der Waals surface area contributed by atoms with Crippen LogP contribution in [0.5, 0.6) is 5.75 Å². The van der Waals surface area contributed by atoms with E-state index in [1.54, 1.807) is 7.11 Å². The minimum absolute atomic E-state index is 0.0544. The van der Waals surface area contributed by atoms with Gasteiger partial charge in [-0.2, -0.15) is 0 Å². The van der Waals surface area contributed by atoms with Crippen molar-refractivity contribution in [3.63, 3.8) is 0 Å². The average Bonchev–Trinajstić information content (AvgIpc) is 2.37. The first kappa shape index (κ1) is 13.4. The molecule has 0 saturated heterocycles. The zero-order valence-electron chi connectivity index (χ0n) is 11.1. The largest absolute Gasteiger partial charge is 0.496 e. The number of hydrogen-bond acceptors (Lipinski definition) is 3. The van der Waals surface area contributed by atoms with Crippen molar-refractivity contribution in [1.82, 2.24) is 0 Å². The molecule has 1 saturated carbocycles. The van der Waals surface area contributed by atoms with E-state index in [4.69, 9.17) is 15.2 Å². The molecule has 3 nitrogen and oxygen atoms in total. The molecule has 1 aliphatic rings. The zero-order chi connectivity index (χ0) is 12.8. The molecule has 0 aromatic heterocycles. The highest BCUT2D eigenvalue weighted by Gasteiger charge is 2.19. The number of hydrogen-bond donors (Lipinski definition) is 1. The number of nitrogens with two attached hydrogens (primary N) is 1. The zero-order valence-corrected chi connectivity index (χ0v) is 11.1. The molecular formula is C15H23NO2. The second-order valence-corrected chi connectivity index (χ2v) is 4.92. The molecule has 0 radical (unpaired) electrons. The molecule has 2 N–H and O–H groups in total. The van der Waals surface area contributed by atoms with E-state index in [0.29, 0.717) is 6.54 Å². The first-order valence-electron chi connectivity index (χ1n) is 6.79. The highest BCUT2D eigenvalue weighted by atomic mass is 16.5. The minimum Gasteiger partial charge on any atom is -0.496 e. The van der Waals surface area contributed by atoms with Gasteiger partial charge in [0.25, 0.3) is 0 Å². The van der Waals surface area contributed by atoms with Gasteiger partial charge in [-0.3, -0.25) is 0 Å². The summed E-state index contributed by atoms with van der Waals surface area (Å²) in [4.78, 5) is 0. The summed E-state index contributed by atoms with van der Waals surface area (Å²) < 4.78 is 11.3. The fraction of sp³-hybridized carbons (Fsp3) is 0.600. The lowest BCUT2D eigenvalue weighted by Crippen LogP contribution is -2.19. The Morgan fingerprint density at radius 1 is 1.33 bits per heavy atom. The van der Waals surface area contributed by atoms with Gasteiger partial charge in [0.15, 0.2) is 0 Å². The van der Waals surface area contributed by atoms with Crippen LogP contribution in [0.2, 0.25) is 0 Å². The summed E-state index contributed by atoms with van der Waals surface area (Å²) in [6, 6.07) is 7.94. The normalized spacial score (nSPS) is 17.2. The van der Waals surface area contributed by atoms with E-state index in [9.17, 15) is 0 Å². The first-order chi connectivity index (χ1) is 8.85. The molecule has 1 aliphatic carbocycles. The van der Waals surface area contributed by atoms with Gasteiger partial charge in [-0.1, -0.05) is 37.5 Å². The Balaban J connectivity index is 1.89. The van der Waals surface area contributed by atoms with Crippen LogP contribution >= 0.6 is 0 Å². The predicted octanol–water partition coefficient (Wildman–Crippen LogP) is 2.90. The molecule has 1 aromatic carbocycles. The molecular weight excluding hydrogens is 226 g/mol. The number of para-hydroxylation sites is 1. The highest BCUT2D eigenvalue weighted by molar-refractivity contribution is 5.35. The lowest BCUT2D eigenvalue weighted by molar-refractivity contribution is 0.0410. The van der Waals surface area contributed by atoms with Crippen LogP contribution in [0.3, 0.4) is 0 Å². The maximum absolute atomic E-state index is 5.92. The Morgan fingerprint density at radius 2 is 2.11 bits per heavy atom. The topological polar surface area (TPSA) is 44.5 Å². The summed E-state index contributed by atoms with van der Waals surface area (Å²) in [6.45, 7) is 1.29. The lowest BCUT2D eigenvalue weighted by Gasteiger charge is -2.26. The standard InChI is InChI=1S/C15H23NO2/c1-17-14-8-3-2-7-13(14)15(11-16)18-10-9-12-5-4-6-12/h2-3,7-8,12,15H,4-6,9-11,16H2,1H3. The second-order valence-electron chi connectivity index (χ2n) is 4.92. The highest BCUT2D eigenvalue weighted by Crippen LogP contribution is 2.31. The molecule has 0 aliphatic heterocycles. The smallest absolute Gasteiger partial charge is 0.124 e. The van der Waals surface area contributed by atoms with Crippen LogP contribution < -0.4 is 10.5 Å². The van der Waals surface area contributed by atoms with Gasteiger partial charge < -0.3 is 15.2 Å². The monoisotopic (exact) mass is 249 g/mol. The van der Waals surface area contributed by atoms with Gasteiger partial charge in [-0.25, -0.2) is 0 Å². The fourth-order valence-corrected chi connectivity index (χ4v) is 2.38. The molecule has 1 atom stereocenters. The Kier molecular flexibility index (Phi) is 5.02. The summed E-state index contributed by atoms with van der Waals surface area (Å²) in [5.41, 5.74) is 6.86. The van der Waals surface area contributed by atoms with Crippen molar-refractivity contribution in [2.45, 2.75) is 31.8 Å². The molecule has 1 unspecified atom stereocenters. The molecule has 0 heterocycles.